The summed E-state index contributed by atoms with van der Waals surface area (Å²) in [5, 5.41) is 3.87. The van der Waals surface area contributed by atoms with Crippen LogP contribution in [0.3, 0.4) is 0 Å². The lowest BCUT2D eigenvalue weighted by atomic mass is 10.3. The first kappa shape index (κ1) is 13.6. The summed E-state index contributed by atoms with van der Waals surface area (Å²) in [6.45, 7) is 0.368. The van der Waals surface area contributed by atoms with Crippen LogP contribution in [0.15, 0.2) is 34.0 Å². The molecule has 0 atom stereocenters. The number of H-pyrrole nitrogens is 1. The van der Waals surface area contributed by atoms with Crippen molar-refractivity contribution < 1.29 is 8.42 Å². The maximum atomic E-state index is 12.3. The first-order chi connectivity index (χ1) is 8.54. The number of nitrogens with zero attached hydrogens (tertiary/aromatic N) is 1. The standard InChI is InChI=1S/C11H13ClN2O2S2/c1-14(7-9-2-3-17-8-9)18(15,16)11-4-10(5-12)13-6-11/h2-4,6,8,13H,5,7H2,1H3. The highest BCUT2D eigenvalue weighted by atomic mass is 35.5. The second-order valence-electron chi connectivity index (χ2n) is 3.89. The normalized spacial score (nSPS) is 12.2. The minimum atomic E-state index is -3.46. The van der Waals surface area contributed by atoms with Gasteiger partial charge in [0, 0.05) is 25.5 Å². The molecule has 2 aromatic rings. The van der Waals surface area contributed by atoms with Gasteiger partial charge in [-0.1, -0.05) is 0 Å². The van der Waals surface area contributed by atoms with Gasteiger partial charge in [-0.3, -0.25) is 0 Å². The van der Waals surface area contributed by atoms with Gasteiger partial charge < -0.3 is 4.98 Å². The highest BCUT2D eigenvalue weighted by molar-refractivity contribution is 7.89. The van der Waals surface area contributed by atoms with Gasteiger partial charge in [-0.05, 0) is 28.5 Å². The topological polar surface area (TPSA) is 53.2 Å². The van der Waals surface area contributed by atoms with Crippen molar-refractivity contribution in [3.05, 3.63) is 40.3 Å². The number of hydrogen-bond donors (Lipinski definition) is 1. The van der Waals surface area contributed by atoms with Gasteiger partial charge in [0.2, 0.25) is 10.0 Å². The second kappa shape index (κ2) is 5.44. The molecule has 0 aliphatic rings. The van der Waals surface area contributed by atoms with Gasteiger partial charge in [0.1, 0.15) is 0 Å². The van der Waals surface area contributed by atoms with Gasteiger partial charge in [-0.25, -0.2) is 8.42 Å². The number of nitrogens with one attached hydrogen (secondary N) is 1. The molecule has 0 bridgehead atoms. The zero-order valence-corrected chi connectivity index (χ0v) is 12.1. The fourth-order valence-electron chi connectivity index (χ4n) is 1.55. The van der Waals surface area contributed by atoms with E-state index in [9.17, 15) is 8.42 Å². The smallest absolute Gasteiger partial charge is 0.244 e. The van der Waals surface area contributed by atoms with Gasteiger partial charge in [0.25, 0.3) is 0 Å². The van der Waals surface area contributed by atoms with Crippen LogP contribution in [0.5, 0.6) is 0 Å². The minimum absolute atomic E-state index is 0.246. The molecule has 2 heterocycles. The average molecular weight is 305 g/mol. The van der Waals surface area contributed by atoms with Crippen molar-refractivity contribution in [1.82, 2.24) is 9.29 Å². The molecule has 0 unspecified atom stereocenters. The Labute approximate surface area is 115 Å². The van der Waals surface area contributed by atoms with Crippen LogP contribution in [0.2, 0.25) is 0 Å². The first-order valence-electron chi connectivity index (χ1n) is 5.24. The Kier molecular flexibility index (Phi) is 4.11. The zero-order chi connectivity index (χ0) is 13.2. The summed E-state index contributed by atoms with van der Waals surface area (Å²) >= 11 is 7.20. The van der Waals surface area contributed by atoms with Gasteiger partial charge in [0.05, 0.1) is 10.8 Å². The first-order valence-corrected chi connectivity index (χ1v) is 8.16. The average Bonchev–Trinajstić information content (AvgIpc) is 2.99. The lowest BCUT2D eigenvalue weighted by molar-refractivity contribution is 0.467. The zero-order valence-electron chi connectivity index (χ0n) is 9.76. The molecule has 18 heavy (non-hydrogen) atoms. The Morgan fingerprint density at radius 2 is 2.28 bits per heavy atom. The molecular weight excluding hydrogens is 292 g/mol. The minimum Gasteiger partial charge on any atom is -0.363 e. The number of rotatable bonds is 5. The Hall–Kier alpha value is -0.820. The third-order valence-electron chi connectivity index (χ3n) is 2.55. The molecule has 0 aliphatic heterocycles. The van der Waals surface area contributed by atoms with Crippen LogP contribution in [-0.2, 0) is 22.4 Å². The highest BCUT2D eigenvalue weighted by Gasteiger charge is 2.22. The van der Waals surface area contributed by atoms with Gasteiger partial charge in [-0.2, -0.15) is 15.6 Å². The van der Waals surface area contributed by atoms with Crippen molar-refractivity contribution in [3.8, 4) is 0 Å². The van der Waals surface area contributed by atoms with Crippen molar-refractivity contribution in [2.75, 3.05) is 7.05 Å². The molecule has 2 aromatic heterocycles. The van der Waals surface area contributed by atoms with Gasteiger partial charge in [-0.15, -0.1) is 11.6 Å². The van der Waals surface area contributed by atoms with Crippen LogP contribution in [0, 0.1) is 0 Å². The lowest BCUT2D eigenvalue weighted by Gasteiger charge is -2.15. The number of halogens is 1. The van der Waals surface area contributed by atoms with E-state index in [0.29, 0.717) is 12.2 Å². The Morgan fingerprint density at radius 3 is 2.83 bits per heavy atom. The third-order valence-corrected chi connectivity index (χ3v) is 5.35. The van der Waals surface area contributed by atoms with Crippen LogP contribution in [0.4, 0.5) is 0 Å². The molecule has 0 saturated carbocycles. The van der Waals surface area contributed by atoms with Gasteiger partial charge >= 0.3 is 0 Å². The van der Waals surface area contributed by atoms with Crippen molar-refractivity contribution in [1.29, 1.82) is 0 Å². The second-order valence-corrected chi connectivity index (χ2v) is 6.98. The number of hydrogen-bond acceptors (Lipinski definition) is 3. The highest BCUT2D eigenvalue weighted by Crippen LogP contribution is 2.19. The Balaban J connectivity index is 2.19. The number of aromatic amines is 1. The summed E-state index contributed by atoms with van der Waals surface area (Å²) in [4.78, 5) is 3.09. The molecule has 1 N–H and O–H groups in total. The molecule has 0 aromatic carbocycles. The largest absolute Gasteiger partial charge is 0.363 e. The Morgan fingerprint density at radius 1 is 1.50 bits per heavy atom. The van der Waals surface area contributed by atoms with Crippen molar-refractivity contribution in [2.45, 2.75) is 17.3 Å². The van der Waals surface area contributed by atoms with E-state index in [2.05, 4.69) is 4.98 Å². The lowest BCUT2D eigenvalue weighted by Crippen LogP contribution is -2.25. The van der Waals surface area contributed by atoms with E-state index in [1.807, 2.05) is 16.8 Å². The van der Waals surface area contributed by atoms with E-state index in [4.69, 9.17) is 11.6 Å². The van der Waals surface area contributed by atoms with Gasteiger partial charge in [0.15, 0.2) is 0 Å². The van der Waals surface area contributed by atoms with Crippen LogP contribution in [-0.4, -0.2) is 24.8 Å². The summed E-state index contributed by atoms with van der Waals surface area (Å²) in [5.41, 5.74) is 1.68. The fraction of sp³-hybridized carbons (Fsp3) is 0.273. The molecule has 4 nitrogen and oxygen atoms in total. The van der Waals surface area contributed by atoms with Crippen LogP contribution >= 0.6 is 22.9 Å². The quantitative estimate of drug-likeness (QED) is 0.863. The summed E-state index contributed by atoms with van der Waals surface area (Å²) in [6, 6.07) is 3.48. The van der Waals surface area contributed by atoms with Crippen LogP contribution < -0.4 is 0 Å². The van der Waals surface area contributed by atoms with E-state index >= 15 is 0 Å². The van der Waals surface area contributed by atoms with Crippen LogP contribution in [0.25, 0.3) is 0 Å². The van der Waals surface area contributed by atoms with E-state index in [1.165, 1.54) is 10.5 Å². The number of thiophene rings is 1. The molecule has 0 fully saturated rings. The monoisotopic (exact) mass is 304 g/mol. The maximum Gasteiger partial charge on any atom is 0.244 e. The van der Waals surface area contributed by atoms with E-state index in [-0.39, 0.29) is 10.8 Å². The van der Waals surface area contributed by atoms with Crippen molar-refractivity contribution >= 4 is 33.0 Å². The number of aromatic nitrogens is 1. The molecule has 7 heteroatoms. The predicted molar refractivity (Wildman–Crippen MR) is 73.3 cm³/mol. The SMILES string of the molecule is CN(Cc1ccsc1)S(=O)(=O)c1c[nH]c(CCl)c1. The summed E-state index contributed by atoms with van der Waals surface area (Å²) in [6.07, 6.45) is 1.47. The van der Waals surface area contributed by atoms with E-state index in [1.54, 1.807) is 24.5 Å². The molecule has 0 aliphatic carbocycles. The number of sulfonamides is 1. The molecule has 98 valence electrons. The number of alkyl halides is 1. The van der Waals surface area contributed by atoms with Crippen LogP contribution in [0.1, 0.15) is 11.3 Å². The van der Waals surface area contributed by atoms with E-state index in [0.717, 1.165) is 5.56 Å². The Bertz CT molecular complexity index is 605. The molecule has 0 saturated heterocycles. The molecule has 0 amide bonds. The van der Waals surface area contributed by atoms with E-state index < -0.39 is 10.0 Å². The summed E-state index contributed by atoms with van der Waals surface area (Å²) < 4.78 is 25.8. The van der Waals surface area contributed by atoms with Crippen molar-refractivity contribution in [3.63, 3.8) is 0 Å². The maximum absolute atomic E-state index is 12.3. The summed E-state index contributed by atoms with van der Waals surface area (Å²) in [5.74, 6) is 0.268. The molecular formula is C11H13ClN2O2S2. The predicted octanol–water partition coefficient (Wildman–Crippen LogP) is 2.64. The molecule has 2 rings (SSSR count). The third kappa shape index (κ3) is 2.77. The molecule has 0 radical (unpaired) electrons. The summed E-state index contributed by atoms with van der Waals surface area (Å²) in [7, 11) is -1.89. The van der Waals surface area contributed by atoms with Crippen molar-refractivity contribution in [2.24, 2.45) is 0 Å². The molecule has 0 spiro atoms. The fourth-order valence-corrected chi connectivity index (χ4v) is 3.54.